The van der Waals surface area contributed by atoms with Gasteiger partial charge in [0, 0.05) is 24.7 Å². The molecule has 3 N–H and O–H groups in total. The Morgan fingerprint density at radius 1 is 1.26 bits per heavy atom. The molecule has 0 aliphatic heterocycles. The lowest BCUT2D eigenvalue weighted by Crippen LogP contribution is -2.32. The molecule has 0 amide bonds. The summed E-state index contributed by atoms with van der Waals surface area (Å²) in [6.45, 7) is 0.343. The van der Waals surface area contributed by atoms with Crippen LogP contribution in [0.1, 0.15) is 11.1 Å². The second-order valence-electron chi connectivity index (χ2n) is 4.06. The summed E-state index contributed by atoms with van der Waals surface area (Å²) < 4.78 is 15.6. The Balaban J connectivity index is 3.18. The van der Waals surface area contributed by atoms with E-state index in [1.807, 2.05) is 0 Å². The number of carbonyl (C=O) groups is 1. The molecule has 1 aromatic rings. The van der Waals surface area contributed by atoms with E-state index in [0.29, 0.717) is 23.7 Å². The highest BCUT2D eigenvalue weighted by atomic mass is 16.5. The normalized spacial score (nSPS) is 12.0. The van der Waals surface area contributed by atoms with Crippen molar-refractivity contribution >= 4 is 5.97 Å². The summed E-state index contributed by atoms with van der Waals surface area (Å²) in [5, 5.41) is 8.88. The molecule has 1 unspecified atom stereocenters. The Morgan fingerprint density at radius 2 is 1.89 bits per heavy atom. The van der Waals surface area contributed by atoms with Crippen LogP contribution in [0.4, 0.5) is 0 Å². The van der Waals surface area contributed by atoms with Crippen molar-refractivity contribution in [2.45, 2.75) is 19.1 Å². The van der Waals surface area contributed by atoms with Gasteiger partial charge in [0.15, 0.2) is 0 Å². The second kappa shape index (κ2) is 6.96. The van der Waals surface area contributed by atoms with Gasteiger partial charge in [-0.3, -0.25) is 4.79 Å². The van der Waals surface area contributed by atoms with Crippen molar-refractivity contribution in [3.05, 3.63) is 23.3 Å². The largest absolute Gasteiger partial charge is 0.497 e. The first-order chi connectivity index (χ1) is 9.03. The highest BCUT2D eigenvalue weighted by molar-refractivity contribution is 5.73. The van der Waals surface area contributed by atoms with E-state index in [1.54, 1.807) is 26.4 Å². The topological polar surface area (TPSA) is 91.0 Å². The summed E-state index contributed by atoms with van der Waals surface area (Å²) in [7, 11) is 4.64. The third kappa shape index (κ3) is 3.84. The number of carboxylic acids is 1. The Kier molecular flexibility index (Phi) is 5.59. The first-order valence-corrected chi connectivity index (χ1v) is 5.74. The molecule has 1 atom stereocenters. The molecule has 6 heteroatoms. The van der Waals surface area contributed by atoms with Gasteiger partial charge in [-0.05, 0) is 12.1 Å². The van der Waals surface area contributed by atoms with Crippen molar-refractivity contribution in [1.29, 1.82) is 0 Å². The minimum atomic E-state index is -1.06. The monoisotopic (exact) mass is 269 g/mol. The van der Waals surface area contributed by atoms with Crippen molar-refractivity contribution in [2.24, 2.45) is 5.73 Å². The van der Waals surface area contributed by atoms with Gasteiger partial charge in [0.1, 0.15) is 17.5 Å². The first-order valence-electron chi connectivity index (χ1n) is 5.74. The van der Waals surface area contributed by atoms with Gasteiger partial charge >= 0.3 is 5.97 Å². The van der Waals surface area contributed by atoms with E-state index >= 15 is 0 Å². The Hall–Kier alpha value is -1.79. The van der Waals surface area contributed by atoms with E-state index in [1.165, 1.54) is 7.11 Å². The van der Waals surface area contributed by atoms with Crippen LogP contribution in [0.5, 0.6) is 11.5 Å². The van der Waals surface area contributed by atoms with Gasteiger partial charge in [-0.25, -0.2) is 0 Å². The van der Waals surface area contributed by atoms with Gasteiger partial charge in [-0.2, -0.15) is 0 Å². The highest BCUT2D eigenvalue weighted by Crippen LogP contribution is 2.30. The number of methoxy groups -OCH3 is 3. The van der Waals surface area contributed by atoms with Crippen LogP contribution in [-0.2, 0) is 22.6 Å². The number of ether oxygens (including phenoxy) is 3. The standard InChI is InChI=1S/C13H19NO5/c1-17-7-9-5-10(18-2)4-8(12(9)19-3)6-11(14)13(15)16/h4-5,11H,6-7,14H2,1-3H3,(H,15,16). The highest BCUT2D eigenvalue weighted by Gasteiger charge is 2.18. The maximum Gasteiger partial charge on any atom is 0.320 e. The Bertz CT molecular complexity index is 447. The van der Waals surface area contributed by atoms with Crippen molar-refractivity contribution in [3.63, 3.8) is 0 Å². The smallest absolute Gasteiger partial charge is 0.320 e. The summed E-state index contributed by atoms with van der Waals surface area (Å²) in [6, 6.07) is 2.52. The Morgan fingerprint density at radius 3 is 2.37 bits per heavy atom. The fraction of sp³-hybridized carbons (Fsp3) is 0.462. The van der Waals surface area contributed by atoms with Crippen LogP contribution in [0.3, 0.4) is 0 Å². The van der Waals surface area contributed by atoms with Crippen molar-refractivity contribution < 1.29 is 24.1 Å². The van der Waals surface area contributed by atoms with Crippen LogP contribution < -0.4 is 15.2 Å². The molecule has 0 aromatic heterocycles. The molecular weight excluding hydrogens is 250 g/mol. The third-order valence-electron chi connectivity index (χ3n) is 2.71. The van der Waals surface area contributed by atoms with Crippen LogP contribution in [0.25, 0.3) is 0 Å². The number of hydrogen-bond acceptors (Lipinski definition) is 5. The molecule has 0 radical (unpaired) electrons. The summed E-state index contributed by atoms with van der Waals surface area (Å²) in [5.41, 5.74) is 7.03. The lowest BCUT2D eigenvalue weighted by Gasteiger charge is -2.16. The molecule has 0 saturated heterocycles. The summed E-state index contributed by atoms with van der Waals surface area (Å²) in [5.74, 6) is 0.137. The first kappa shape index (κ1) is 15.3. The van der Waals surface area contributed by atoms with E-state index in [2.05, 4.69) is 0 Å². The number of rotatable bonds is 7. The average molecular weight is 269 g/mol. The number of hydrogen-bond donors (Lipinski definition) is 2. The lowest BCUT2D eigenvalue weighted by molar-refractivity contribution is -0.138. The zero-order valence-electron chi connectivity index (χ0n) is 11.3. The molecule has 0 aliphatic rings. The molecule has 1 rings (SSSR count). The predicted molar refractivity (Wildman–Crippen MR) is 69.6 cm³/mol. The van der Waals surface area contributed by atoms with Gasteiger partial charge in [0.05, 0.1) is 20.8 Å². The van der Waals surface area contributed by atoms with Crippen molar-refractivity contribution in [2.75, 3.05) is 21.3 Å². The number of carboxylic acid groups (broad SMARTS) is 1. The van der Waals surface area contributed by atoms with Crippen molar-refractivity contribution in [3.8, 4) is 11.5 Å². The van der Waals surface area contributed by atoms with Crippen LogP contribution >= 0.6 is 0 Å². The molecule has 0 spiro atoms. The second-order valence-corrected chi connectivity index (χ2v) is 4.06. The molecule has 6 nitrogen and oxygen atoms in total. The maximum atomic E-state index is 10.8. The Labute approximate surface area is 112 Å². The van der Waals surface area contributed by atoms with Crippen LogP contribution in [0, 0.1) is 0 Å². The SMILES string of the molecule is COCc1cc(OC)cc(CC(N)C(=O)O)c1OC. The van der Waals surface area contributed by atoms with Gasteiger partial charge in [-0.1, -0.05) is 0 Å². The number of benzene rings is 1. The molecule has 1 aromatic carbocycles. The van der Waals surface area contributed by atoms with E-state index in [4.69, 9.17) is 25.1 Å². The van der Waals surface area contributed by atoms with Crippen LogP contribution in [-0.4, -0.2) is 38.4 Å². The summed E-state index contributed by atoms with van der Waals surface area (Å²) in [6.07, 6.45) is 0.159. The molecule has 0 fully saturated rings. The summed E-state index contributed by atoms with van der Waals surface area (Å²) >= 11 is 0. The maximum absolute atomic E-state index is 10.8. The number of aliphatic carboxylic acids is 1. The fourth-order valence-electron chi connectivity index (χ4n) is 1.84. The van der Waals surface area contributed by atoms with E-state index < -0.39 is 12.0 Å². The molecule has 0 saturated carbocycles. The van der Waals surface area contributed by atoms with Gasteiger partial charge in [-0.15, -0.1) is 0 Å². The van der Waals surface area contributed by atoms with E-state index in [0.717, 1.165) is 5.56 Å². The molecule has 106 valence electrons. The molecule has 19 heavy (non-hydrogen) atoms. The number of nitrogens with two attached hydrogens (primary N) is 1. The fourth-order valence-corrected chi connectivity index (χ4v) is 1.84. The molecule has 0 aliphatic carbocycles. The zero-order chi connectivity index (χ0) is 14.4. The van der Waals surface area contributed by atoms with Crippen molar-refractivity contribution in [1.82, 2.24) is 0 Å². The quantitative estimate of drug-likeness (QED) is 0.761. The minimum absolute atomic E-state index is 0.159. The van der Waals surface area contributed by atoms with E-state index in [9.17, 15) is 4.79 Å². The predicted octanol–water partition coefficient (Wildman–Crippen LogP) is 0.805. The third-order valence-corrected chi connectivity index (χ3v) is 2.71. The lowest BCUT2D eigenvalue weighted by atomic mass is 10.0. The zero-order valence-corrected chi connectivity index (χ0v) is 11.3. The molecule has 0 bridgehead atoms. The van der Waals surface area contributed by atoms with Gasteiger partial charge < -0.3 is 25.1 Å². The minimum Gasteiger partial charge on any atom is -0.497 e. The van der Waals surface area contributed by atoms with Crippen LogP contribution in [0.15, 0.2) is 12.1 Å². The average Bonchev–Trinajstić information content (AvgIpc) is 2.38. The van der Waals surface area contributed by atoms with Gasteiger partial charge in [0.25, 0.3) is 0 Å². The molecule has 0 heterocycles. The van der Waals surface area contributed by atoms with E-state index in [-0.39, 0.29) is 6.42 Å². The van der Waals surface area contributed by atoms with Crippen LogP contribution in [0.2, 0.25) is 0 Å². The molecular formula is C13H19NO5. The summed E-state index contributed by atoms with van der Waals surface area (Å²) in [4.78, 5) is 10.8. The van der Waals surface area contributed by atoms with Gasteiger partial charge in [0.2, 0.25) is 0 Å².